The van der Waals surface area contributed by atoms with Gasteiger partial charge in [-0.25, -0.2) is 9.78 Å². The third kappa shape index (κ3) is 5.34. The molecule has 2 bridgehead atoms. The van der Waals surface area contributed by atoms with Gasteiger partial charge in [-0.05, 0) is 50.4 Å². The molecule has 148 valence electrons. The molecule has 3 rings (SSSR count). The number of hydrogen-bond acceptors (Lipinski definition) is 5. The van der Waals surface area contributed by atoms with Gasteiger partial charge in [0.2, 0.25) is 5.91 Å². The number of carbonyl (C=O) groups is 2. The molecular formula is C19H28N4O3S. The number of fused-ring (bicyclic) bond motifs is 2. The van der Waals surface area contributed by atoms with E-state index in [0.29, 0.717) is 23.2 Å². The Morgan fingerprint density at radius 1 is 1.37 bits per heavy atom. The Balaban J connectivity index is 1.43. The molecule has 2 aliphatic carbocycles. The highest BCUT2D eigenvalue weighted by Crippen LogP contribution is 2.49. The summed E-state index contributed by atoms with van der Waals surface area (Å²) in [6.07, 6.45) is 6.67. The van der Waals surface area contributed by atoms with E-state index in [0.717, 1.165) is 30.0 Å². The van der Waals surface area contributed by atoms with Crippen LogP contribution in [0, 0.1) is 17.8 Å². The highest BCUT2D eigenvalue weighted by Gasteiger charge is 2.42. The van der Waals surface area contributed by atoms with Crippen molar-refractivity contribution in [1.82, 2.24) is 20.6 Å². The van der Waals surface area contributed by atoms with Crippen LogP contribution in [-0.4, -0.2) is 33.7 Å². The molecule has 1 aromatic heterocycles. The van der Waals surface area contributed by atoms with Crippen LogP contribution in [0.2, 0.25) is 0 Å². The number of rotatable bonds is 7. The zero-order chi connectivity index (χ0) is 19.4. The molecule has 1 aromatic rings. The number of urea groups is 1. The summed E-state index contributed by atoms with van der Waals surface area (Å²) >= 11 is 1.12. The van der Waals surface area contributed by atoms with Gasteiger partial charge in [0.15, 0.2) is 5.16 Å². The molecule has 0 radical (unpaired) electrons. The summed E-state index contributed by atoms with van der Waals surface area (Å²) in [7, 11) is 0. The molecule has 7 nitrogen and oxygen atoms in total. The van der Waals surface area contributed by atoms with E-state index in [2.05, 4.69) is 20.6 Å². The first-order chi connectivity index (χ1) is 12.9. The average Bonchev–Trinajstić information content (AvgIpc) is 3.23. The van der Waals surface area contributed by atoms with Crippen LogP contribution in [0.25, 0.3) is 0 Å². The molecule has 4 unspecified atom stereocenters. The summed E-state index contributed by atoms with van der Waals surface area (Å²) in [4.78, 5) is 42.7. The highest BCUT2D eigenvalue weighted by molar-refractivity contribution is 7.99. The van der Waals surface area contributed by atoms with Gasteiger partial charge in [0, 0.05) is 17.8 Å². The minimum Gasteiger partial charge on any atom is -0.335 e. The van der Waals surface area contributed by atoms with Gasteiger partial charge in [-0.2, -0.15) is 0 Å². The quantitative estimate of drug-likeness (QED) is 0.488. The largest absolute Gasteiger partial charge is 0.335 e. The SMILES string of the molecule is CCCc1cc(=O)[nH]c(SCC(=O)NC(=O)NC(C)C2CC3CCC2C3)n1. The highest BCUT2D eigenvalue weighted by atomic mass is 32.2. The van der Waals surface area contributed by atoms with Gasteiger partial charge in [0.25, 0.3) is 5.56 Å². The molecule has 8 heteroatoms. The number of nitrogens with one attached hydrogen (secondary N) is 3. The van der Waals surface area contributed by atoms with Crippen molar-refractivity contribution in [1.29, 1.82) is 0 Å². The van der Waals surface area contributed by atoms with Crippen molar-refractivity contribution in [3.05, 3.63) is 22.1 Å². The van der Waals surface area contributed by atoms with Gasteiger partial charge < -0.3 is 10.3 Å². The minimum absolute atomic E-state index is 0.0223. The van der Waals surface area contributed by atoms with E-state index in [-0.39, 0.29) is 17.4 Å². The number of H-pyrrole nitrogens is 1. The van der Waals surface area contributed by atoms with Crippen LogP contribution >= 0.6 is 11.8 Å². The maximum Gasteiger partial charge on any atom is 0.321 e. The maximum absolute atomic E-state index is 12.1. The summed E-state index contributed by atoms with van der Waals surface area (Å²) in [6, 6.07) is 1.10. The molecule has 0 aliphatic heterocycles. The van der Waals surface area contributed by atoms with Crippen LogP contribution in [0.3, 0.4) is 0 Å². The summed E-state index contributed by atoms with van der Waals surface area (Å²) in [5.41, 5.74) is 0.482. The first kappa shape index (κ1) is 19.9. The number of aromatic amines is 1. The molecule has 0 spiro atoms. The lowest BCUT2D eigenvalue weighted by Crippen LogP contribution is -2.47. The zero-order valence-electron chi connectivity index (χ0n) is 15.9. The Labute approximate surface area is 163 Å². The Bertz CT molecular complexity index is 751. The first-order valence-corrected chi connectivity index (χ1v) is 10.8. The van der Waals surface area contributed by atoms with Crippen LogP contribution in [0.4, 0.5) is 4.79 Å². The lowest BCUT2D eigenvalue weighted by atomic mass is 9.84. The molecule has 2 fully saturated rings. The molecule has 3 N–H and O–H groups in total. The average molecular weight is 393 g/mol. The summed E-state index contributed by atoms with van der Waals surface area (Å²) < 4.78 is 0. The van der Waals surface area contributed by atoms with Gasteiger partial charge >= 0.3 is 6.03 Å². The standard InChI is InChI=1S/C19H28N4O3S/c1-3-4-14-9-16(24)23-19(21-14)27-10-17(25)22-18(26)20-11(2)15-8-12-5-6-13(15)7-12/h9,11-13,15H,3-8,10H2,1-2H3,(H,21,23,24)(H2,20,22,25,26). The van der Waals surface area contributed by atoms with E-state index in [1.165, 1.54) is 31.7 Å². The monoisotopic (exact) mass is 392 g/mol. The number of carbonyl (C=O) groups excluding carboxylic acids is 2. The number of aryl methyl sites for hydroxylation is 1. The zero-order valence-corrected chi connectivity index (χ0v) is 16.7. The Morgan fingerprint density at radius 3 is 2.85 bits per heavy atom. The van der Waals surface area contributed by atoms with Crippen molar-refractivity contribution in [2.45, 2.75) is 63.6 Å². The Kier molecular flexibility index (Phi) is 6.57. The number of aromatic nitrogens is 2. The number of hydrogen-bond donors (Lipinski definition) is 3. The van der Waals surface area contributed by atoms with Crippen molar-refractivity contribution < 1.29 is 9.59 Å². The van der Waals surface area contributed by atoms with E-state index >= 15 is 0 Å². The van der Waals surface area contributed by atoms with Crippen LogP contribution in [0.5, 0.6) is 0 Å². The van der Waals surface area contributed by atoms with Crippen molar-refractivity contribution in [3.63, 3.8) is 0 Å². The fourth-order valence-electron chi connectivity index (χ4n) is 4.49. The van der Waals surface area contributed by atoms with Crippen LogP contribution < -0.4 is 16.2 Å². The van der Waals surface area contributed by atoms with E-state index < -0.39 is 11.9 Å². The smallest absolute Gasteiger partial charge is 0.321 e. The molecule has 2 aliphatic rings. The molecule has 2 saturated carbocycles. The lowest BCUT2D eigenvalue weighted by molar-refractivity contribution is -0.117. The predicted octanol–water partition coefficient (Wildman–Crippen LogP) is 2.46. The van der Waals surface area contributed by atoms with Crippen molar-refractivity contribution in [2.24, 2.45) is 17.8 Å². The summed E-state index contributed by atoms with van der Waals surface area (Å²) in [5, 5.41) is 5.69. The molecule has 0 aromatic carbocycles. The fourth-order valence-corrected chi connectivity index (χ4v) is 5.18. The van der Waals surface area contributed by atoms with Gasteiger partial charge in [-0.1, -0.05) is 31.5 Å². The van der Waals surface area contributed by atoms with Crippen LogP contribution in [0.1, 0.15) is 51.6 Å². The molecule has 1 heterocycles. The Morgan fingerprint density at radius 2 is 2.19 bits per heavy atom. The second-order valence-electron chi connectivity index (χ2n) is 7.73. The molecule has 27 heavy (non-hydrogen) atoms. The van der Waals surface area contributed by atoms with Crippen molar-refractivity contribution in [3.8, 4) is 0 Å². The van der Waals surface area contributed by atoms with Gasteiger partial charge in [0.05, 0.1) is 5.75 Å². The normalized spacial score (nSPS) is 24.6. The van der Waals surface area contributed by atoms with Gasteiger partial charge in [-0.3, -0.25) is 14.9 Å². The van der Waals surface area contributed by atoms with E-state index in [9.17, 15) is 14.4 Å². The summed E-state index contributed by atoms with van der Waals surface area (Å²) in [5.74, 6) is 1.68. The van der Waals surface area contributed by atoms with Crippen molar-refractivity contribution >= 4 is 23.7 Å². The topological polar surface area (TPSA) is 104 Å². The van der Waals surface area contributed by atoms with Crippen LogP contribution in [0.15, 0.2) is 16.0 Å². The molecule has 3 amide bonds. The van der Waals surface area contributed by atoms with E-state index in [1.54, 1.807) is 0 Å². The second kappa shape index (κ2) is 8.91. The first-order valence-electron chi connectivity index (χ1n) is 9.78. The molecular weight excluding hydrogens is 364 g/mol. The maximum atomic E-state index is 12.1. The number of amides is 3. The fraction of sp³-hybridized carbons (Fsp3) is 0.684. The van der Waals surface area contributed by atoms with Crippen LogP contribution in [-0.2, 0) is 11.2 Å². The minimum atomic E-state index is -0.447. The molecule has 0 saturated heterocycles. The number of thioether (sulfide) groups is 1. The third-order valence-corrected chi connectivity index (χ3v) is 6.54. The number of nitrogens with zero attached hydrogens (tertiary/aromatic N) is 1. The second-order valence-corrected chi connectivity index (χ2v) is 8.69. The van der Waals surface area contributed by atoms with Gasteiger partial charge in [-0.15, -0.1) is 0 Å². The van der Waals surface area contributed by atoms with E-state index in [4.69, 9.17) is 0 Å². The van der Waals surface area contributed by atoms with Crippen molar-refractivity contribution in [2.75, 3.05) is 5.75 Å². The third-order valence-electron chi connectivity index (χ3n) is 5.67. The van der Waals surface area contributed by atoms with E-state index in [1.807, 2.05) is 13.8 Å². The lowest BCUT2D eigenvalue weighted by Gasteiger charge is -2.28. The summed E-state index contributed by atoms with van der Waals surface area (Å²) in [6.45, 7) is 4.04. The molecule has 4 atom stereocenters. The Hall–Kier alpha value is -1.83. The van der Waals surface area contributed by atoms with Gasteiger partial charge in [0.1, 0.15) is 0 Å². The number of imide groups is 1. The predicted molar refractivity (Wildman–Crippen MR) is 105 cm³/mol.